The van der Waals surface area contributed by atoms with Gasteiger partial charge in [-0.1, -0.05) is 13.0 Å². The summed E-state index contributed by atoms with van der Waals surface area (Å²) in [6.07, 6.45) is 5.18. The molecule has 0 saturated heterocycles. The lowest BCUT2D eigenvalue weighted by molar-refractivity contribution is 0.407. The number of hydrogen-bond acceptors (Lipinski definition) is 0. The first-order chi connectivity index (χ1) is 4.36. The van der Waals surface area contributed by atoms with Crippen LogP contribution in [0.2, 0.25) is 0 Å². The molecule has 0 N–H and O–H groups in total. The van der Waals surface area contributed by atoms with E-state index in [1.165, 1.54) is 12.8 Å². The molecule has 0 aromatic rings. The van der Waals surface area contributed by atoms with Gasteiger partial charge in [-0.25, -0.2) is 0 Å². The molecule has 2 atom stereocenters. The fourth-order valence-corrected chi connectivity index (χ4v) is 2.49. The highest BCUT2D eigenvalue weighted by molar-refractivity contribution is 5.63. The maximum Gasteiger partial charge on any atom is -0.00870 e. The Hall–Kier alpha value is -0.520. The predicted octanol–water partition coefficient (Wildman–Crippen LogP) is 2.28. The summed E-state index contributed by atoms with van der Waals surface area (Å²) in [6, 6.07) is 0. The molecular formula is C9H10. The van der Waals surface area contributed by atoms with Gasteiger partial charge in [-0.05, 0) is 41.4 Å². The van der Waals surface area contributed by atoms with Gasteiger partial charge in [0.25, 0.3) is 0 Å². The standard InChI is InChI=1S/C9H10/c1-5-2-6-3-7-4-8(5)9(6)7/h3,5,8H,2,4H2,1H3. The zero-order valence-electron chi connectivity index (χ0n) is 5.65. The Morgan fingerprint density at radius 2 is 2.33 bits per heavy atom. The SMILES string of the molecule is CC1CC2=C3C(=C2)CC31. The molecule has 0 nitrogen and oxygen atoms in total. The molecule has 0 aromatic carbocycles. The summed E-state index contributed by atoms with van der Waals surface area (Å²) in [7, 11) is 0. The highest BCUT2D eigenvalue weighted by atomic mass is 14.5. The van der Waals surface area contributed by atoms with Crippen LogP contribution in [0.1, 0.15) is 19.8 Å². The minimum atomic E-state index is 0.970. The van der Waals surface area contributed by atoms with Crippen molar-refractivity contribution in [2.45, 2.75) is 19.8 Å². The summed E-state index contributed by atoms with van der Waals surface area (Å²) in [6.45, 7) is 2.38. The van der Waals surface area contributed by atoms with Gasteiger partial charge in [0.1, 0.15) is 0 Å². The van der Waals surface area contributed by atoms with Gasteiger partial charge < -0.3 is 0 Å². The largest absolute Gasteiger partial charge is 0.0616 e. The first-order valence-electron chi connectivity index (χ1n) is 3.80. The van der Waals surface area contributed by atoms with E-state index in [1.807, 2.05) is 0 Å². The van der Waals surface area contributed by atoms with Crippen LogP contribution < -0.4 is 0 Å². The van der Waals surface area contributed by atoms with Crippen molar-refractivity contribution in [3.8, 4) is 0 Å². The lowest BCUT2D eigenvalue weighted by Crippen LogP contribution is -2.23. The van der Waals surface area contributed by atoms with Crippen molar-refractivity contribution in [3.05, 3.63) is 22.8 Å². The Balaban J connectivity index is 2.09. The third kappa shape index (κ3) is 0.297. The number of rotatable bonds is 0. The van der Waals surface area contributed by atoms with Crippen LogP contribution in [0.15, 0.2) is 22.8 Å². The highest BCUT2D eigenvalue weighted by Crippen LogP contribution is 2.59. The quantitative estimate of drug-likeness (QED) is 0.457. The summed E-state index contributed by atoms with van der Waals surface area (Å²) in [5.74, 6) is 1.97. The maximum absolute atomic E-state index is 2.40. The first kappa shape index (κ1) is 4.32. The van der Waals surface area contributed by atoms with E-state index in [4.69, 9.17) is 0 Å². The molecule has 0 aromatic heterocycles. The van der Waals surface area contributed by atoms with Crippen LogP contribution in [0.4, 0.5) is 0 Å². The third-order valence-electron chi connectivity index (χ3n) is 3.08. The van der Waals surface area contributed by atoms with Crippen molar-refractivity contribution >= 4 is 0 Å². The average molecular weight is 118 g/mol. The summed E-state index contributed by atoms with van der Waals surface area (Å²) >= 11 is 0. The fraction of sp³-hybridized carbons (Fsp3) is 0.556. The summed E-state index contributed by atoms with van der Waals surface area (Å²) in [4.78, 5) is 0. The molecule has 3 aliphatic rings. The smallest absolute Gasteiger partial charge is 0.00870 e. The number of hydrogen-bond donors (Lipinski definition) is 0. The summed E-state index contributed by atoms with van der Waals surface area (Å²) < 4.78 is 0. The van der Waals surface area contributed by atoms with Gasteiger partial charge >= 0.3 is 0 Å². The van der Waals surface area contributed by atoms with E-state index in [-0.39, 0.29) is 0 Å². The normalized spacial score (nSPS) is 43.4. The van der Waals surface area contributed by atoms with Crippen LogP contribution in [0.25, 0.3) is 0 Å². The Bertz CT molecular complexity index is 243. The van der Waals surface area contributed by atoms with E-state index in [1.54, 1.807) is 16.7 Å². The second-order valence-corrected chi connectivity index (χ2v) is 3.60. The Morgan fingerprint density at radius 3 is 2.89 bits per heavy atom. The van der Waals surface area contributed by atoms with E-state index < -0.39 is 0 Å². The van der Waals surface area contributed by atoms with Crippen molar-refractivity contribution in [2.24, 2.45) is 11.8 Å². The van der Waals surface area contributed by atoms with Crippen molar-refractivity contribution in [1.29, 1.82) is 0 Å². The fourth-order valence-electron chi connectivity index (χ4n) is 2.49. The van der Waals surface area contributed by atoms with Crippen molar-refractivity contribution in [3.63, 3.8) is 0 Å². The average Bonchev–Trinajstić information content (AvgIpc) is 2.01. The minimum absolute atomic E-state index is 0.970. The Labute approximate surface area is 55.3 Å². The van der Waals surface area contributed by atoms with Crippen LogP contribution in [-0.2, 0) is 0 Å². The van der Waals surface area contributed by atoms with E-state index in [2.05, 4.69) is 13.0 Å². The zero-order chi connectivity index (χ0) is 6.01. The molecule has 0 amide bonds. The molecule has 0 heterocycles. The molecule has 3 aliphatic carbocycles. The molecule has 1 fully saturated rings. The molecule has 0 aliphatic heterocycles. The maximum atomic E-state index is 2.40. The van der Waals surface area contributed by atoms with Gasteiger partial charge in [-0.15, -0.1) is 0 Å². The molecule has 2 unspecified atom stereocenters. The van der Waals surface area contributed by atoms with Gasteiger partial charge in [-0.2, -0.15) is 0 Å². The van der Waals surface area contributed by atoms with Gasteiger partial charge in [0.05, 0.1) is 0 Å². The molecule has 0 bridgehead atoms. The van der Waals surface area contributed by atoms with Gasteiger partial charge in [0.2, 0.25) is 0 Å². The van der Waals surface area contributed by atoms with Crippen LogP contribution >= 0.6 is 0 Å². The van der Waals surface area contributed by atoms with Gasteiger partial charge in [0, 0.05) is 0 Å². The molecular weight excluding hydrogens is 108 g/mol. The van der Waals surface area contributed by atoms with Crippen LogP contribution in [0.5, 0.6) is 0 Å². The molecule has 0 spiro atoms. The first-order valence-corrected chi connectivity index (χ1v) is 3.80. The highest BCUT2D eigenvalue weighted by Gasteiger charge is 2.45. The van der Waals surface area contributed by atoms with E-state index >= 15 is 0 Å². The Kier molecular flexibility index (Phi) is 0.493. The molecule has 9 heavy (non-hydrogen) atoms. The second-order valence-electron chi connectivity index (χ2n) is 3.60. The van der Waals surface area contributed by atoms with Gasteiger partial charge in [0.15, 0.2) is 0 Å². The molecule has 0 radical (unpaired) electrons. The van der Waals surface area contributed by atoms with Crippen LogP contribution in [0, 0.1) is 11.8 Å². The minimum Gasteiger partial charge on any atom is -0.0616 e. The van der Waals surface area contributed by atoms with E-state index in [9.17, 15) is 0 Å². The lowest BCUT2D eigenvalue weighted by Gasteiger charge is -2.36. The molecule has 46 valence electrons. The number of allylic oxidation sites excluding steroid dienone is 4. The van der Waals surface area contributed by atoms with E-state index in [0.29, 0.717) is 0 Å². The molecule has 1 saturated carbocycles. The van der Waals surface area contributed by atoms with Crippen molar-refractivity contribution in [2.75, 3.05) is 0 Å². The second kappa shape index (κ2) is 1.03. The third-order valence-corrected chi connectivity index (χ3v) is 3.08. The van der Waals surface area contributed by atoms with E-state index in [0.717, 1.165) is 11.8 Å². The summed E-state index contributed by atoms with van der Waals surface area (Å²) in [5, 5.41) is 0. The molecule has 3 rings (SSSR count). The van der Waals surface area contributed by atoms with Crippen molar-refractivity contribution in [1.82, 2.24) is 0 Å². The zero-order valence-corrected chi connectivity index (χ0v) is 5.65. The monoisotopic (exact) mass is 118 g/mol. The topological polar surface area (TPSA) is 0 Å². The van der Waals surface area contributed by atoms with Gasteiger partial charge in [-0.3, -0.25) is 0 Å². The van der Waals surface area contributed by atoms with Crippen molar-refractivity contribution < 1.29 is 0 Å². The predicted molar refractivity (Wildman–Crippen MR) is 37.0 cm³/mol. The lowest BCUT2D eigenvalue weighted by atomic mass is 9.68. The van der Waals surface area contributed by atoms with Crippen LogP contribution in [-0.4, -0.2) is 0 Å². The Morgan fingerprint density at radius 1 is 1.44 bits per heavy atom. The van der Waals surface area contributed by atoms with Crippen LogP contribution in [0.3, 0.4) is 0 Å². The summed E-state index contributed by atoms with van der Waals surface area (Å²) in [5.41, 5.74) is 5.13. The molecule has 0 heteroatoms.